The Morgan fingerprint density at radius 3 is 2.37 bits per heavy atom. The molecule has 1 aliphatic heterocycles. The molecule has 1 fully saturated rings. The molecule has 4 rings (SSSR count). The van der Waals surface area contributed by atoms with E-state index >= 15 is 0 Å². The first kappa shape index (κ1) is 19.5. The highest BCUT2D eigenvalue weighted by Crippen LogP contribution is 2.27. The van der Waals surface area contributed by atoms with Gasteiger partial charge in [-0.2, -0.15) is 0 Å². The SMILES string of the molecule is COc1ccc(S(=O)(=O)n2ccc3cc(N4CCNCC4)ccc32)cc1.Cl. The molecule has 0 radical (unpaired) electrons. The van der Waals surface area contributed by atoms with Crippen LogP contribution in [0.4, 0.5) is 5.69 Å². The van der Waals surface area contributed by atoms with E-state index in [9.17, 15) is 8.42 Å². The normalized spacial score (nSPS) is 14.8. The number of ether oxygens (including phenoxy) is 1. The number of aromatic nitrogens is 1. The second kappa shape index (κ2) is 7.80. The summed E-state index contributed by atoms with van der Waals surface area (Å²) in [5, 5.41) is 4.25. The molecule has 0 bridgehead atoms. The summed E-state index contributed by atoms with van der Waals surface area (Å²) in [6.45, 7) is 3.84. The third kappa shape index (κ3) is 3.63. The zero-order valence-electron chi connectivity index (χ0n) is 15.0. The lowest BCUT2D eigenvalue weighted by atomic mass is 10.2. The minimum absolute atomic E-state index is 0. The molecule has 1 aliphatic rings. The number of fused-ring (bicyclic) bond motifs is 1. The molecule has 0 spiro atoms. The van der Waals surface area contributed by atoms with Gasteiger partial charge in [0.2, 0.25) is 0 Å². The molecule has 3 aromatic rings. The van der Waals surface area contributed by atoms with Crippen molar-refractivity contribution in [3.8, 4) is 5.75 Å². The van der Waals surface area contributed by atoms with Crippen molar-refractivity contribution in [1.29, 1.82) is 0 Å². The number of piperazine rings is 1. The number of nitrogens with zero attached hydrogens (tertiary/aromatic N) is 2. The fraction of sp³-hybridized carbons (Fsp3) is 0.263. The van der Waals surface area contributed by atoms with Crippen molar-refractivity contribution in [2.75, 3.05) is 38.2 Å². The Kier molecular flexibility index (Phi) is 5.64. The van der Waals surface area contributed by atoms with Gasteiger partial charge < -0.3 is 15.0 Å². The summed E-state index contributed by atoms with van der Waals surface area (Å²) >= 11 is 0. The Balaban J connectivity index is 0.00000210. The highest BCUT2D eigenvalue weighted by atomic mass is 35.5. The Labute approximate surface area is 165 Å². The van der Waals surface area contributed by atoms with E-state index in [4.69, 9.17) is 4.74 Å². The van der Waals surface area contributed by atoms with E-state index in [-0.39, 0.29) is 17.3 Å². The van der Waals surface area contributed by atoms with Crippen LogP contribution < -0.4 is 15.0 Å². The number of hydrogen-bond donors (Lipinski definition) is 1. The summed E-state index contributed by atoms with van der Waals surface area (Å²) in [5.74, 6) is 0.627. The maximum atomic E-state index is 13.0. The average molecular weight is 408 g/mol. The molecular formula is C19H22ClN3O3S. The molecule has 2 heterocycles. The van der Waals surface area contributed by atoms with E-state index in [2.05, 4.69) is 16.3 Å². The number of halogens is 1. The molecule has 0 saturated carbocycles. The summed E-state index contributed by atoms with van der Waals surface area (Å²) in [4.78, 5) is 2.55. The topological polar surface area (TPSA) is 63.6 Å². The van der Waals surface area contributed by atoms with Crippen molar-refractivity contribution in [1.82, 2.24) is 9.29 Å². The summed E-state index contributed by atoms with van der Waals surface area (Å²) in [6.07, 6.45) is 1.62. The molecule has 1 saturated heterocycles. The lowest BCUT2D eigenvalue weighted by Crippen LogP contribution is -2.43. The van der Waals surface area contributed by atoms with Crippen LogP contribution >= 0.6 is 12.4 Å². The van der Waals surface area contributed by atoms with Crippen molar-refractivity contribution in [2.45, 2.75) is 4.90 Å². The summed E-state index contributed by atoms with van der Waals surface area (Å²) < 4.78 is 32.4. The Morgan fingerprint density at radius 2 is 1.70 bits per heavy atom. The molecule has 8 heteroatoms. The standard InChI is InChI=1S/C19H21N3O3S.ClH/c1-25-17-3-5-18(6-4-17)26(23,24)22-11-8-15-14-16(2-7-19(15)22)21-12-9-20-10-13-21;/h2-8,11,14,20H,9-10,12-13H2,1H3;1H. The van der Waals surface area contributed by atoms with Gasteiger partial charge in [0.15, 0.2) is 0 Å². The van der Waals surface area contributed by atoms with Crippen molar-refractivity contribution < 1.29 is 13.2 Å². The first-order valence-corrected chi connectivity index (χ1v) is 10.00. The number of nitrogens with one attached hydrogen (secondary N) is 1. The van der Waals surface area contributed by atoms with Gasteiger partial charge in [0, 0.05) is 43.4 Å². The molecule has 0 amide bonds. The van der Waals surface area contributed by atoms with Gasteiger partial charge in [-0.3, -0.25) is 0 Å². The van der Waals surface area contributed by atoms with Gasteiger partial charge in [0.05, 0.1) is 17.5 Å². The third-order valence-corrected chi connectivity index (χ3v) is 6.44. The zero-order chi connectivity index (χ0) is 18.1. The Morgan fingerprint density at radius 1 is 1.00 bits per heavy atom. The monoisotopic (exact) mass is 407 g/mol. The van der Waals surface area contributed by atoms with E-state index in [0.29, 0.717) is 11.3 Å². The van der Waals surface area contributed by atoms with E-state index in [0.717, 1.165) is 37.3 Å². The number of benzene rings is 2. The van der Waals surface area contributed by atoms with E-state index in [1.165, 1.54) is 3.97 Å². The lowest BCUT2D eigenvalue weighted by molar-refractivity contribution is 0.414. The van der Waals surface area contributed by atoms with Gasteiger partial charge in [-0.1, -0.05) is 0 Å². The number of methoxy groups -OCH3 is 1. The number of rotatable bonds is 4. The van der Waals surface area contributed by atoms with Crippen molar-refractivity contribution in [2.24, 2.45) is 0 Å². The van der Waals surface area contributed by atoms with Crippen LogP contribution in [0, 0.1) is 0 Å². The fourth-order valence-electron chi connectivity index (χ4n) is 3.29. The molecular weight excluding hydrogens is 386 g/mol. The number of hydrogen-bond acceptors (Lipinski definition) is 5. The first-order valence-electron chi connectivity index (χ1n) is 8.56. The van der Waals surface area contributed by atoms with Crippen LogP contribution in [0.25, 0.3) is 10.9 Å². The zero-order valence-corrected chi connectivity index (χ0v) is 16.6. The Bertz CT molecular complexity index is 1030. The van der Waals surface area contributed by atoms with Crippen molar-refractivity contribution in [3.05, 3.63) is 54.7 Å². The molecule has 0 aliphatic carbocycles. The molecule has 27 heavy (non-hydrogen) atoms. The van der Waals surface area contributed by atoms with Crippen LogP contribution in [0.2, 0.25) is 0 Å². The van der Waals surface area contributed by atoms with Crippen LogP contribution in [-0.2, 0) is 10.0 Å². The van der Waals surface area contributed by atoms with Crippen LogP contribution in [0.1, 0.15) is 0 Å². The summed E-state index contributed by atoms with van der Waals surface area (Å²) in [6, 6.07) is 14.2. The van der Waals surface area contributed by atoms with Crippen molar-refractivity contribution >= 4 is 39.0 Å². The smallest absolute Gasteiger partial charge is 0.268 e. The van der Waals surface area contributed by atoms with E-state index in [1.54, 1.807) is 37.6 Å². The molecule has 0 atom stereocenters. The van der Waals surface area contributed by atoms with Gasteiger partial charge in [-0.05, 0) is 48.5 Å². The van der Waals surface area contributed by atoms with E-state index in [1.807, 2.05) is 18.2 Å². The van der Waals surface area contributed by atoms with Crippen molar-refractivity contribution in [3.63, 3.8) is 0 Å². The van der Waals surface area contributed by atoms with Crippen LogP contribution in [0.15, 0.2) is 59.6 Å². The predicted molar refractivity (Wildman–Crippen MR) is 110 cm³/mol. The van der Waals surface area contributed by atoms with Crippen LogP contribution in [0.3, 0.4) is 0 Å². The maximum absolute atomic E-state index is 13.0. The van der Waals surface area contributed by atoms with Gasteiger partial charge >= 0.3 is 0 Å². The summed E-state index contributed by atoms with van der Waals surface area (Å²) in [7, 11) is -2.09. The fourth-order valence-corrected chi connectivity index (χ4v) is 4.65. The minimum Gasteiger partial charge on any atom is -0.497 e. The Hall–Kier alpha value is -2.22. The highest BCUT2D eigenvalue weighted by molar-refractivity contribution is 7.90. The second-order valence-corrected chi connectivity index (χ2v) is 8.09. The summed E-state index contributed by atoms with van der Waals surface area (Å²) in [5.41, 5.74) is 1.80. The first-order chi connectivity index (χ1) is 12.6. The molecule has 0 unspecified atom stereocenters. The van der Waals surface area contributed by atoms with Crippen LogP contribution in [0.5, 0.6) is 5.75 Å². The van der Waals surface area contributed by atoms with Gasteiger partial charge in [0.1, 0.15) is 5.75 Å². The van der Waals surface area contributed by atoms with Gasteiger partial charge in [0.25, 0.3) is 10.0 Å². The molecule has 6 nitrogen and oxygen atoms in total. The lowest BCUT2D eigenvalue weighted by Gasteiger charge is -2.29. The molecule has 144 valence electrons. The average Bonchev–Trinajstić information content (AvgIpc) is 3.13. The second-order valence-electron chi connectivity index (χ2n) is 6.27. The third-order valence-electron chi connectivity index (χ3n) is 4.74. The van der Waals surface area contributed by atoms with Gasteiger partial charge in [-0.25, -0.2) is 12.4 Å². The highest BCUT2D eigenvalue weighted by Gasteiger charge is 2.20. The van der Waals surface area contributed by atoms with Crippen LogP contribution in [-0.4, -0.2) is 45.7 Å². The maximum Gasteiger partial charge on any atom is 0.268 e. The quantitative estimate of drug-likeness (QED) is 0.720. The molecule has 1 N–H and O–H groups in total. The van der Waals surface area contributed by atoms with Gasteiger partial charge in [-0.15, -0.1) is 12.4 Å². The predicted octanol–water partition coefficient (Wildman–Crippen LogP) is 2.72. The largest absolute Gasteiger partial charge is 0.497 e. The molecule has 1 aromatic heterocycles. The molecule has 2 aromatic carbocycles. The van der Waals surface area contributed by atoms with E-state index < -0.39 is 10.0 Å². The minimum atomic E-state index is -3.65. The number of anilines is 1.